The molecule has 0 unspecified atom stereocenters. The first-order valence-electron chi connectivity index (χ1n) is 12.4. The van der Waals surface area contributed by atoms with E-state index in [-0.39, 0.29) is 23.3 Å². The number of carbonyl (C=O) groups is 1. The number of hydrogen-bond acceptors (Lipinski definition) is 4. The van der Waals surface area contributed by atoms with Gasteiger partial charge in [0.2, 0.25) is 0 Å². The number of halogens is 1. The molecular weight excluding hydrogens is 441 g/mol. The fraction of sp³-hybridized carbons (Fsp3) is 0.414. The van der Waals surface area contributed by atoms with Gasteiger partial charge in [-0.1, -0.05) is 42.5 Å². The molecule has 4 rings (SSSR count). The largest absolute Gasteiger partial charge is 0.455 e. The van der Waals surface area contributed by atoms with E-state index in [2.05, 4.69) is 60.2 Å². The van der Waals surface area contributed by atoms with E-state index in [1.54, 1.807) is 18.2 Å². The molecule has 1 fully saturated rings. The van der Waals surface area contributed by atoms with Crippen molar-refractivity contribution in [2.75, 3.05) is 13.1 Å². The third-order valence-electron chi connectivity index (χ3n) is 6.64. The van der Waals surface area contributed by atoms with Crippen LogP contribution in [0.3, 0.4) is 0 Å². The van der Waals surface area contributed by atoms with E-state index in [0.717, 1.165) is 43.8 Å². The number of carbonyl (C=O) groups excluding carboxylic acids is 1. The van der Waals surface area contributed by atoms with Gasteiger partial charge in [-0.05, 0) is 69.0 Å². The summed E-state index contributed by atoms with van der Waals surface area (Å²) < 4.78 is 19.2. The van der Waals surface area contributed by atoms with E-state index in [1.165, 1.54) is 17.7 Å². The quantitative estimate of drug-likeness (QED) is 0.458. The zero-order valence-electron chi connectivity index (χ0n) is 21.0. The molecule has 3 aromatic rings. The van der Waals surface area contributed by atoms with Crippen LogP contribution in [0, 0.1) is 5.82 Å². The maximum absolute atomic E-state index is 13.3. The highest BCUT2D eigenvalue weighted by Gasteiger charge is 2.25. The molecule has 1 saturated heterocycles. The minimum absolute atomic E-state index is 0.128. The van der Waals surface area contributed by atoms with Gasteiger partial charge in [-0.15, -0.1) is 0 Å². The van der Waals surface area contributed by atoms with Crippen molar-refractivity contribution in [2.45, 2.75) is 64.8 Å². The molecule has 186 valence electrons. The lowest BCUT2D eigenvalue weighted by atomic mass is 10.0. The number of likely N-dealkylation sites (tertiary alicyclic amines) is 1. The summed E-state index contributed by atoms with van der Waals surface area (Å²) in [5, 5.41) is 3.15. The molecule has 0 radical (unpaired) electrons. The molecule has 35 heavy (non-hydrogen) atoms. The van der Waals surface area contributed by atoms with Crippen LogP contribution in [0.4, 0.5) is 4.39 Å². The van der Waals surface area contributed by atoms with Crippen molar-refractivity contribution in [1.82, 2.24) is 15.1 Å². The lowest BCUT2D eigenvalue weighted by Crippen LogP contribution is -2.44. The number of rotatable bonds is 8. The van der Waals surface area contributed by atoms with Gasteiger partial charge in [-0.3, -0.25) is 14.6 Å². The first-order chi connectivity index (χ1) is 16.8. The number of amides is 1. The Kier molecular flexibility index (Phi) is 8.04. The molecule has 2 heterocycles. The topological polar surface area (TPSA) is 48.7 Å². The van der Waals surface area contributed by atoms with Gasteiger partial charge < -0.3 is 9.73 Å². The summed E-state index contributed by atoms with van der Waals surface area (Å²) >= 11 is 0. The highest BCUT2D eigenvalue weighted by molar-refractivity contribution is 5.91. The van der Waals surface area contributed by atoms with Crippen LogP contribution in [-0.2, 0) is 19.6 Å². The van der Waals surface area contributed by atoms with Crippen LogP contribution in [0.2, 0.25) is 0 Å². The van der Waals surface area contributed by atoms with Crippen LogP contribution >= 0.6 is 0 Å². The molecule has 6 heteroatoms. The molecule has 5 nitrogen and oxygen atoms in total. The molecule has 1 amide bonds. The highest BCUT2D eigenvalue weighted by Crippen LogP contribution is 2.22. The summed E-state index contributed by atoms with van der Waals surface area (Å²) in [7, 11) is 0. The average molecular weight is 478 g/mol. The molecule has 0 saturated carbocycles. The molecule has 0 aliphatic carbocycles. The third kappa shape index (κ3) is 7.26. The van der Waals surface area contributed by atoms with Gasteiger partial charge in [-0.2, -0.15) is 0 Å². The Hall–Kier alpha value is -2.96. The van der Waals surface area contributed by atoms with Gasteiger partial charge in [0.1, 0.15) is 11.6 Å². The molecule has 0 atom stereocenters. The van der Waals surface area contributed by atoms with Crippen LogP contribution in [0.15, 0.2) is 71.1 Å². The van der Waals surface area contributed by atoms with Crippen LogP contribution in [-0.4, -0.2) is 40.4 Å². The standard InChI is InChI=1S/C29H36FN3O2/c1-29(2,3)33(20-23-9-11-24(30)12-10-23)21-26-13-14-27(35-26)28(34)31-25-15-17-32(18-16-25)19-22-7-5-4-6-8-22/h4-14,25H,15-21H2,1-3H3,(H,31,34). The van der Waals surface area contributed by atoms with Gasteiger partial charge >= 0.3 is 0 Å². The van der Waals surface area contributed by atoms with Gasteiger partial charge in [-0.25, -0.2) is 4.39 Å². The maximum atomic E-state index is 13.3. The van der Waals surface area contributed by atoms with Crippen LogP contribution in [0.5, 0.6) is 0 Å². The van der Waals surface area contributed by atoms with E-state index < -0.39 is 0 Å². The zero-order valence-corrected chi connectivity index (χ0v) is 21.0. The van der Waals surface area contributed by atoms with E-state index in [0.29, 0.717) is 18.8 Å². The molecule has 2 aromatic carbocycles. The summed E-state index contributed by atoms with van der Waals surface area (Å²) in [4.78, 5) is 17.5. The van der Waals surface area contributed by atoms with Crippen molar-refractivity contribution in [3.05, 3.63) is 95.2 Å². The van der Waals surface area contributed by atoms with Crippen molar-refractivity contribution >= 4 is 5.91 Å². The van der Waals surface area contributed by atoms with E-state index in [4.69, 9.17) is 4.42 Å². The second kappa shape index (κ2) is 11.2. The molecule has 1 aliphatic heterocycles. The van der Waals surface area contributed by atoms with E-state index in [9.17, 15) is 9.18 Å². The smallest absolute Gasteiger partial charge is 0.287 e. The molecule has 1 aromatic heterocycles. The Labute approximate surface area is 207 Å². The summed E-state index contributed by atoms with van der Waals surface area (Å²) in [5.41, 5.74) is 2.23. The fourth-order valence-corrected chi connectivity index (χ4v) is 4.45. The number of benzene rings is 2. The number of nitrogens with one attached hydrogen (secondary N) is 1. The first-order valence-corrected chi connectivity index (χ1v) is 12.4. The number of piperidine rings is 1. The number of hydrogen-bond donors (Lipinski definition) is 1. The van der Waals surface area contributed by atoms with Crippen molar-refractivity contribution in [1.29, 1.82) is 0 Å². The lowest BCUT2D eigenvalue weighted by Gasteiger charge is -2.35. The molecule has 0 spiro atoms. The van der Waals surface area contributed by atoms with Crippen molar-refractivity contribution in [2.24, 2.45) is 0 Å². The monoisotopic (exact) mass is 477 g/mol. The van der Waals surface area contributed by atoms with Gasteiger partial charge in [0, 0.05) is 37.8 Å². The van der Waals surface area contributed by atoms with Crippen LogP contribution in [0.25, 0.3) is 0 Å². The predicted molar refractivity (Wildman–Crippen MR) is 136 cm³/mol. The maximum Gasteiger partial charge on any atom is 0.287 e. The molecule has 1 aliphatic rings. The Morgan fingerprint density at radius 3 is 2.31 bits per heavy atom. The van der Waals surface area contributed by atoms with Gasteiger partial charge in [0.15, 0.2) is 5.76 Å². The lowest BCUT2D eigenvalue weighted by molar-refractivity contribution is 0.0865. The Bertz CT molecular complexity index is 1080. The van der Waals surface area contributed by atoms with Gasteiger partial charge in [0.05, 0.1) is 6.54 Å². The zero-order chi connectivity index (χ0) is 24.8. The van der Waals surface area contributed by atoms with Crippen molar-refractivity contribution in [3.8, 4) is 0 Å². The fourth-order valence-electron chi connectivity index (χ4n) is 4.45. The Morgan fingerprint density at radius 1 is 0.971 bits per heavy atom. The van der Waals surface area contributed by atoms with E-state index >= 15 is 0 Å². The molecule has 0 bridgehead atoms. The SMILES string of the molecule is CC(C)(C)N(Cc1ccc(F)cc1)Cc1ccc(C(=O)NC2CCN(Cc3ccccc3)CC2)o1. The van der Waals surface area contributed by atoms with Crippen molar-refractivity contribution in [3.63, 3.8) is 0 Å². The van der Waals surface area contributed by atoms with Crippen molar-refractivity contribution < 1.29 is 13.6 Å². The second-order valence-corrected chi connectivity index (χ2v) is 10.4. The Balaban J connectivity index is 1.29. The average Bonchev–Trinajstić information content (AvgIpc) is 3.30. The second-order valence-electron chi connectivity index (χ2n) is 10.4. The number of furan rings is 1. The first kappa shape index (κ1) is 25.1. The summed E-state index contributed by atoms with van der Waals surface area (Å²) in [6, 6.07) is 20.9. The van der Waals surface area contributed by atoms with Crippen LogP contribution < -0.4 is 5.32 Å². The number of nitrogens with zero attached hydrogens (tertiary/aromatic N) is 2. The van der Waals surface area contributed by atoms with E-state index in [1.807, 2.05) is 12.1 Å². The highest BCUT2D eigenvalue weighted by atomic mass is 19.1. The summed E-state index contributed by atoms with van der Waals surface area (Å²) in [6.07, 6.45) is 1.86. The van der Waals surface area contributed by atoms with Crippen LogP contribution in [0.1, 0.15) is 61.1 Å². The molecule has 1 N–H and O–H groups in total. The normalized spacial score (nSPS) is 15.5. The summed E-state index contributed by atoms with van der Waals surface area (Å²) in [6.45, 7) is 10.5. The third-order valence-corrected chi connectivity index (χ3v) is 6.64. The van der Waals surface area contributed by atoms with Gasteiger partial charge in [0.25, 0.3) is 5.91 Å². The molecular formula is C29H36FN3O2. The minimum Gasteiger partial charge on any atom is -0.455 e. The predicted octanol–water partition coefficient (Wildman–Crippen LogP) is 5.61. The summed E-state index contributed by atoms with van der Waals surface area (Å²) in [5.74, 6) is 0.699. The Morgan fingerprint density at radius 2 is 1.66 bits per heavy atom. The minimum atomic E-state index is -0.236.